The summed E-state index contributed by atoms with van der Waals surface area (Å²) >= 11 is 0. The van der Waals surface area contributed by atoms with Gasteiger partial charge in [0.1, 0.15) is 5.75 Å². The van der Waals surface area contributed by atoms with Crippen molar-refractivity contribution in [1.82, 2.24) is 4.72 Å². The lowest BCUT2D eigenvalue weighted by Crippen LogP contribution is -2.26. The number of anilines is 1. The minimum absolute atomic E-state index is 0.257. The smallest absolute Gasteiger partial charge is 0.240 e. The van der Waals surface area contributed by atoms with Crippen LogP contribution in [0, 0.1) is 0 Å². The van der Waals surface area contributed by atoms with Gasteiger partial charge in [0, 0.05) is 25.3 Å². The van der Waals surface area contributed by atoms with Crippen molar-refractivity contribution in [2.75, 3.05) is 31.1 Å². The fourth-order valence-electron chi connectivity index (χ4n) is 3.50. The third-order valence-corrected chi connectivity index (χ3v) is 6.54. The average molecular weight is 403 g/mol. The lowest BCUT2D eigenvalue weighted by molar-refractivity contribution is 0.340. The zero-order valence-electron chi connectivity index (χ0n) is 16.6. The van der Waals surface area contributed by atoms with E-state index in [0.29, 0.717) is 25.3 Å². The second kappa shape index (κ2) is 9.94. The molecule has 28 heavy (non-hydrogen) atoms. The van der Waals surface area contributed by atoms with Gasteiger partial charge in [-0.2, -0.15) is 0 Å². The maximum Gasteiger partial charge on any atom is 0.240 e. The SMILES string of the molecule is CCOc1ccc(S(=O)(=O)NCCc2ccc(N3CCCCCC3)cc2)cc1. The molecular weight excluding hydrogens is 372 g/mol. The number of hydrogen-bond acceptors (Lipinski definition) is 4. The van der Waals surface area contributed by atoms with Gasteiger partial charge in [0.15, 0.2) is 0 Å². The van der Waals surface area contributed by atoms with E-state index in [-0.39, 0.29) is 4.90 Å². The van der Waals surface area contributed by atoms with Crippen molar-refractivity contribution < 1.29 is 13.2 Å². The normalized spacial score (nSPS) is 15.2. The maximum absolute atomic E-state index is 12.4. The van der Waals surface area contributed by atoms with Crippen molar-refractivity contribution in [3.05, 3.63) is 54.1 Å². The molecule has 2 aromatic rings. The second-order valence-electron chi connectivity index (χ2n) is 7.12. The van der Waals surface area contributed by atoms with Gasteiger partial charge in [-0.3, -0.25) is 0 Å². The summed E-state index contributed by atoms with van der Waals surface area (Å²) in [6.07, 6.45) is 5.83. The molecule has 1 fully saturated rings. The monoisotopic (exact) mass is 402 g/mol. The summed E-state index contributed by atoms with van der Waals surface area (Å²) in [5.74, 6) is 0.672. The Labute approximate surface area is 168 Å². The van der Waals surface area contributed by atoms with Crippen LogP contribution in [0.5, 0.6) is 5.75 Å². The van der Waals surface area contributed by atoms with E-state index < -0.39 is 10.0 Å². The first kappa shape index (κ1) is 20.7. The summed E-state index contributed by atoms with van der Waals surface area (Å²) in [7, 11) is -3.51. The van der Waals surface area contributed by atoms with E-state index >= 15 is 0 Å². The van der Waals surface area contributed by atoms with Gasteiger partial charge < -0.3 is 9.64 Å². The van der Waals surface area contributed by atoms with Crippen LogP contribution in [0.25, 0.3) is 0 Å². The minimum Gasteiger partial charge on any atom is -0.494 e. The summed E-state index contributed by atoms with van der Waals surface area (Å²) in [5.41, 5.74) is 2.40. The molecule has 0 aromatic heterocycles. The quantitative estimate of drug-likeness (QED) is 0.725. The average Bonchev–Trinajstić information content (AvgIpc) is 2.99. The minimum atomic E-state index is -3.51. The Balaban J connectivity index is 1.52. The molecule has 0 aliphatic carbocycles. The molecule has 6 heteroatoms. The second-order valence-corrected chi connectivity index (χ2v) is 8.89. The Hall–Kier alpha value is -2.05. The van der Waals surface area contributed by atoms with Crippen molar-refractivity contribution in [2.45, 2.75) is 43.9 Å². The fourth-order valence-corrected chi connectivity index (χ4v) is 4.53. The standard InChI is InChI=1S/C22H30N2O3S/c1-2-27-21-11-13-22(14-12-21)28(25,26)23-16-15-19-7-9-20(10-8-19)24-17-5-3-4-6-18-24/h7-14,23H,2-6,15-18H2,1H3. The van der Waals surface area contributed by atoms with E-state index in [1.165, 1.54) is 31.4 Å². The van der Waals surface area contributed by atoms with E-state index in [0.717, 1.165) is 18.7 Å². The van der Waals surface area contributed by atoms with Crippen molar-refractivity contribution >= 4 is 15.7 Å². The number of nitrogens with zero attached hydrogens (tertiary/aromatic N) is 1. The molecule has 5 nitrogen and oxygen atoms in total. The first-order valence-corrected chi connectivity index (χ1v) is 11.6. The molecule has 1 heterocycles. The summed E-state index contributed by atoms with van der Waals surface area (Å²) < 4.78 is 32.9. The third-order valence-electron chi connectivity index (χ3n) is 5.06. The van der Waals surface area contributed by atoms with Gasteiger partial charge in [-0.1, -0.05) is 25.0 Å². The van der Waals surface area contributed by atoms with Gasteiger partial charge in [-0.25, -0.2) is 13.1 Å². The Morgan fingerprint density at radius 2 is 1.57 bits per heavy atom. The van der Waals surface area contributed by atoms with Crippen LogP contribution in [0.15, 0.2) is 53.4 Å². The summed E-state index contributed by atoms with van der Waals surface area (Å²) in [4.78, 5) is 2.71. The Bertz CT molecular complexity index is 825. The highest BCUT2D eigenvalue weighted by molar-refractivity contribution is 7.89. The van der Waals surface area contributed by atoms with Crippen molar-refractivity contribution in [2.24, 2.45) is 0 Å². The van der Waals surface area contributed by atoms with E-state index in [9.17, 15) is 8.42 Å². The van der Waals surface area contributed by atoms with E-state index in [1.807, 2.05) is 6.92 Å². The lowest BCUT2D eigenvalue weighted by Gasteiger charge is -2.22. The largest absolute Gasteiger partial charge is 0.494 e. The van der Waals surface area contributed by atoms with Gasteiger partial charge in [0.25, 0.3) is 0 Å². The van der Waals surface area contributed by atoms with Gasteiger partial charge >= 0.3 is 0 Å². The topological polar surface area (TPSA) is 58.6 Å². The molecule has 2 aromatic carbocycles. The van der Waals surface area contributed by atoms with Crippen molar-refractivity contribution in [3.63, 3.8) is 0 Å². The maximum atomic E-state index is 12.4. The molecule has 0 radical (unpaired) electrons. The number of sulfonamides is 1. The highest BCUT2D eigenvalue weighted by Gasteiger charge is 2.14. The van der Waals surface area contributed by atoms with E-state index in [2.05, 4.69) is 33.9 Å². The molecule has 1 aliphatic heterocycles. The summed E-state index contributed by atoms with van der Waals surface area (Å²) in [6.45, 7) is 5.08. The first-order valence-electron chi connectivity index (χ1n) is 10.1. The van der Waals surface area contributed by atoms with Crippen molar-refractivity contribution in [3.8, 4) is 5.75 Å². The first-order chi connectivity index (χ1) is 13.6. The number of rotatable bonds is 8. The van der Waals surface area contributed by atoms with Crippen LogP contribution < -0.4 is 14.4 Å². The van der Waals surface area contributed by atoms with Gasteiger partial charge in [-0.15, -0.1) is 0 Å². The Morgan fingerprint density at radius 1 is 0.929 bits per heavy atom. The molecule has 0 atom stereocenters. The molecule has 3 rings (SSSR count). The fraction of sp³-hybridized carbons (Fsp3) is 0.455. The number of benzene rings is 2. The zero-order chi connectivity index (χ0) is 19.8. The number of hydrogen-bond donors (Lipinski definition) is 1. The lowest BCUT2D eigenvalue weighted by atomic mass is 10.1. The van der Waals surface area contributed by atoms with E-state index in [4.69, 9.17) is 4.74 Å². The number of ether oxygens (including phenoxy) is 1. The van der Waals surface area contributed by atoms with Gasteiger partial charge in [-0.05, 0) is 68.1 Å². The Kier molecular flexibility index (Phi) is 7.34. The van der Waals surface area contributed by atoms with Crippen LogP contribution in [0.2, 0.25) is 0 Å². The summed E-state index contributed by atoms with van der Waals surface area (Å²) in [5, 5.41) is 0. The van der Waals surface area contributed by atoms with Crippen LogP contribution in [0.1, 0.15) is 38.2 Å². The molecule has 1 saturated heterocycles. The Morgan fingerprint density at radius 3 is 2.18 bits per heavy atom. The van der Waals surface area contributed by atoms with Gasteiger partial charge in [0.05, 0.1) is 11.5 Å². The molecule has 1 N–H and O–H groups in total. The molecule has 1 aliphatic rings. The predicted octanol–water partition coefficient (Wildman–Crippen LogP) is 3.99. The number of nitrogens with one attached hydrogen (secondary N) is 1. The highest BCUT2D eigenvalue weighted by atomic mass is 32.2. The van der Waals surface area contributed by atoms with Crippen LogP contribution in [-0.4, -0.2) is 34.7 Å². The van der Waals surface area contributed by atoms with Crippen LogP contribution in [-0.2, 0) is 16.4 Å². The third kappa shape index (κ3) is 5.72. The molecule has 0 amide bonds. The van der Waals surface area contributed by atoms with Gasteiger partial charge in [0.2, 0.25) is 10.0 Å². The molecule has 0 unspecified atom stereocenters. The highest BCUT2D eigenvalue weighted by Crippen LogP contribution is 2.20. The predicted molar refractivity (Wildman–Crippen MR) is 114 cm³/mol. The van der Waals surface area contributed by atoms with Crippen LogP contribution in [0.3, 0.4) is 0 Å². The molecular formula is C22H30N2O3S. The van der Waals surface area contributed by atoms with E-state index in [1.54, 1.807) is 24.3 Å². The molecule has 0 spiro atoms. The summed E-state index contributed by atoms with van der Waals surface area (Å²) in [6, 6.07) is 15.0. The van der Waals surface area contributed by atoms with Crippen LogP contribution >= 0.6 is 0 Å². The molecule has 0 bridgehead atoms. The zero-order valence-corrected chi connectivity index (χ0v) is 17.4. The van der Waals surface area contributed by atoms with Crippen molar-refractivity contribution in [1.29, 1.82) is 0 Å². The molecule has 152 valence electrons. The molecule has 0 saturated carbocycles. The van der Waals surface area contributed by atoms with Crippen LogP contribution in [0.4, 0.5) is 5.69 Å².